The van der Waals surface area contributed by atoms with Gasteiger partial charge in [-0.15, -0.1) is 0 Å². The van der Waals surface area contributed by atoms with E-state index in [2.05, 4.69) is 4.98 Å². The Labute approximate surface area is 181 Å². The van der Waals surface area contributed by atoms with E-state index in [-0.39, 0.29) is 18.9 Å². The van der Waals surface area contributed by atoms with Crippen molar-refractivity contribution in [3.8, 4) is 17.1 Å². The zero-order valence-corrected chi connectivity index (χ0v) is 18.0. The molecule has 0 spiro atoms. The van der Waals surface area contributed by atoms with E-state index in [0.717, 1.165) is 16.7 Å². The number of benzene rings is 2. The first-order chi connectivity index (χ1) is 15.0. The predicted molar refractivity (Wildman–Crippen MR) is 115 cm³/mol. The number of methoxy groups -OCH3 is 1. The minimum atomic E-state index is -0.478. The SMILES string of the molecule is COc1ccccc1CN(C)C(=O)COC(=O)CCc1ncc(-c2ccc(C)cc2)o1. The minimum Gasteiger partial charge on any atom is -0.496 e. The van der Waals surface area contributed by atoms with E-state index in [1.54, 1.807) is 20.4 Å². The zero-order chi connectivity index (χ0) is 22.2. The topological polar surface area (TPSA) is 81.9 Å². The minimum absolute atomic E-state index is 0.0807. The number of nitrogens with zero attached hydrogens (tertiary/aromatic N) is 2. The Morgan fingerprint density at radius 1 is 1.10 bits per heavy atom. The first-order valence-electron chi connectivity index (χ1n) is 9.99. The van der Waals surface area contributed by atoms with Crippen molar-refractivity contribution in [1.29, 1.82) is 0 Å². The third kappa shape index (κ3) is 6.18. The molecule has 7 heteroatoms. The van der Waals surface area contributed by atoms with Gasteiger partial charge in [-0.25, -0.2) is 4.98 Å². The second kappa shape index (κ2) is 10.4. The van der Waals surface area contributed by atoms with Gasteiger partial charge < -0.3 is 18.8 Å². The maximum atomic E-state index is 12.3. The number of carbonyl (C=O) groups is 2. The van der Waals surface area contributed by atoms with Gasteiger partial charge in [-0.1, -0.05) is 48.0 Å². The summed E-state index contributed by atoms with van der Waals surface area (Å²) >= 11 is 0. The molecule has 0 aliphatic heterocycles. The first-order valence-corrected chi connectivity index (χ1v) is 9.99. The van der Waals surface area contributed by atoms with Gasteiger partial charge in [0.05, 0.1) is 19.7 Å². The van der Waals surface area contributed by atoms with Crippen molar-refractivity contribution in [2.75, 3.05) is 20.8 Å². The molecule has 3 rings (SSSR count). The summed E-state index contributed by atoms with van der Waals surface area (Å²) in [5, 5.41) is 0. The molecule has 0 bridgehead atoms. The summed E-state index contributed by atoms with van der Waals surface area (Å²) in [6.07, 6.45) is 2.02. The Morgan fingerprint density at radius 3 is 2.58 bits per heavy atom. The smallest absolute Gasteiger partial charge is 0.306 e. The Kier molecular flexibility index (Phi) is 7.43. The standard InChI is InChI=1S/C24H26N2O5/c1-17-8-10-18(11-9-17)21-14-25-22(31-21)12-13-24(28)30-16-23(27)26(2)15-19-6-4-5-7-20(19)29-3/h4-11,14H,12-13,15-16H2,1-3H3. The van der Waals surface area contributed by atoms with E-state index in [1.165, 1.54) is 4.90 Å². The van der Waals surface area contributed by atoms with Crippen LogP contribution in [0.25, 0.3) is 11.3 Å². The monoisotopic (exact) mass is 422 g/mol. The molecule has 0 aliphatic rings. The molecule has 1 amide bonds. The zero-order valence-electron chi connectivity index (χ0n) is 18.0. The van der Waals surface area contributed by atoms with Crippen molar-refractivity contribution in [3.63, 3.8) is 0 Å². The first kappa shape index (κ1) is 22.1. The van der Waals surface area contributed by atoms with E-state index >= 15 is 0 Å². The molecular formula is C24H26N2O5. The van der Waals surface area contributed by atoms with Gasteiger partial charge in [-0.05, 0) is 13.0 Å². The lowest BCUT2D eigenvalue weighted by atomic mass is 10.1. The lowest BCUT2D eigenvalue weighted by molar-refractivity contribution is -0.151. The highest BCUT2D eigenvalue weighted by atomic mass is 16.5. The molecule has 0 unspecified atom stereocenters. The fourth-order valence-corrected chi connectivity index (χ4v) is 2.99. The van der Waals surface area contributed by atoms with Crippen LogP contribution in [-0.2, 0) is 27.3 Å². The van der Waals surface area contributed by atoms with E-state index in [1.807, 2.05) is 55.5 Å². The molecule has 1 heterocycles. The highest BCUT2D eigenvalue weighted by Gasteiger charge is 2.15. The highest BCUT2D eigenvalue weighted by Crippen LogP contribution is 2.21. The number of esters is 1. The van der Waals surface area contributed by atoms with Gasteiger partial charge in [0.1, 0.15) is 5.75 Å². The Hall–Kier alpha value is -3.61. The number of amides is 1. The molecule has 2 aromatic carbocycles. The van der Waals surface area contributed by atoms with Crippen molar-refractivity contribution >= 4 is 11.9 Å². The third-order valence-electron chi connectivity index (χ3n) is 4.82. The molecule has 0 fully saturated rings. The summed E-state index contributed by atoms with van der Waals surface area (Å²) in [6, 6.07) is 15.4. The summed E-state index contributed by atoms with van der Waals surface area (Å²) in [7, 11) is 3.24. The van der Waals surface area contributed by atoms with Crippen LogP contribution in [0.4, 0.5) is 0 Å². The fraction of sp³-hybridized carbons (Fsp3) is 0.292. The lowest BCUT2D eigenvalue weighted by Crippen LogP contribution is -2.31. The van der Waals surface area contributed by atoms with Gasteiger partial charge >= 0.3 is 5.97 Å². The maximum Gasteiger partial charge on any atom is 0.306 e. The number of hydrogen-bond donors (Lipinski definition) is 0. The quantitative estimate of drug-likeness (QED) is 0.488. The van der Waals surface area contributed by atoms with Crippen molar-refractivity contribution in [2.24, 2.45) is 0 Å². The van der Waals surface area contributed by atoms with Crippen LogP contribution >= 0.6 is 0 Å². The molecule has 0 saturated heterocycles. The van der Waals surface area contributed by atoms with E-state index in [4.69, 9.17) is 13.9 Å². The van der Waals surface area contributed by atoms with Gasteiger partial charge in [0.15, 0.2) is 18.3 Å². The average Bonchev–Trinajstić information content (AvgIpc) is 3.26. The summed E-state index contributed by atoms with van der Waals surface area (Å²) in [5.74, 6) is 1.03. The summed E-state index contributed by atoms with van der Waals surface area (Å²) < 4.78 is 16.1. The molecule has 162 valence electrons. The predicted octanol–water partition coefficient (Wildman–Crippen LogP) is 3.79. The van der Waals surface area contributed by atoms with Gasteiger partial charge in [-0.2, -0.15) is 0 Å². The summed E-state index contributed by atoms with van der Waals surface area (Å²) in [4.78, 5) is 30.0. The van der Waals surface area contributed by atoms with E-state index < -0.39 is 5.97 Å². The Bertz CT molecular complexity index is 1030. The second-order valence-corrected chi connectivity index (χ2v) is 7.21. The number of para-hydroxylation sites is 1. The molecule has 0 radical (unpaired) electrons. The summed E-state index contributed by atoms with van der Waals surface area (Å²) in [5.41, 5.74) is 2.96. The van der Waals surface area contributed by atoms with Gasteiger partial charge in [0, 0.05) is 31.1 Å². The third-order valence-corrected chi connectivity index (χ3v) is 4.82. The molecule has 1 aromatic heterocycles. The van der Waals surface area contributed by atoms with Gasteiger partial charge in [-0.3, -0.25) is 9.59 Å². The van der Waals surface area contributed by atoms with E-state index in [0.29, 0.717) is 30.4 Å². The van der Waals surface area contributed by atoms with Crippen LogP contribution in [0.2, 0.25) is 0 Å². The van der Waals surface area contributed by atoms with Crippen LogP contribution in [0, 0.1) is 6.92 Å². The van der Waals surface area contributed by atoms with Crippen LogP contribution < -0.4 is 4.74 Å². The van der Waals surface area contributed by atoms with Gasteiger partial charge in [0.2, 0.25) is 0 Å². The number of likely N-dealkylation sites (N-methyl/N-ethyl adjacent to an activating group) is 1. The molecule has 0 atom stereocenters. The van der Waals surface area contributed by atoms with E-state index in [9.17, 15) is 9.59 Å². The molecule has 0 aliphatic carbocycles. The number of ether oxygens (including phenoxy) is 2. The molecule has 7 nitrogen and oxygen atoms in total. The van der Waals surface area contributed by atoms with Crippen molar-refractivity contribution in [3.05, 3.63) is 71.7 Å². The number of aryl methyl sites for hydroxylation is 2. The van der Waals surface area contributed by atoms with Crippen molar-refractivity contribution in [1.82, 2.24) is 9.88 Å². The molecule has 31 heavy (non-hydrogen) atoms. The van der Waals surface area contributed by atoms with Crippen LogP contribution in [0.15, 0.2) is 59.1 Å². The Balaban J connectivity index is 1.43. The van der Waals surface area contributed by atoms with Crippen molar-refractivity contribution in [2.45, 2.75) is 26.3 Å². The Morgan fingerprint density at radius 2 is 1.84 bits per heavy atom. The van der Waals surface area contributed by atoms with Gasteiger partial charge in [0.25, 0.3) is 5.91 Å². The number of aromatic nitrogens is 1. The van der Waals surface area contributed by atoms with Crippen LogP contribution in [0.3, 0.4) is 0 Å². The number of hydrogen-bond acceptors (Lipinski definition) is 6. The average molecular weight is 422 g/mol. The van der Waals surface area contributed by atoms with Crippen LogP contribution in [0.1, 0.15) is 23.4 Å². The van der Waals surface area contributed by atoms with Crippen LogP contribution in [0.5, 0.6) is 5.75 Å². The normalized spacial score (nSPS) is 10.5. The fourth-order valence-electron chi connectivity index (χ4n) is 2.99. The maximum absolute atomic E-state index is 12.3. The molecule has 3 aromatic rings. The summed E-state index contributed by atoms with van der Waals surface area (Å²) in [6.45, 7) is 2.06. The molecule has 0 N–H and O–H groups in total. The molecule has 0 saturated carbocycles. The number of carbonyl (C=O) groups excluding carboxylic acids is 2. The van der Waals surface area contributed by atoms with Crippen molar-refractivity contribution < 1.29 is 23.5 Å². The van der Waals surface area contributed by atoms with Crippen LogP contribution in [-0.4, -0.2) is 42.5 Å². The highest BCUT2D eigenvalue weighted by molar-refractivity contribution is 5.80. The number of rotatable bonds is 9. The number of oxazole rings is 1. The molecular weight excluding hydrogens is 396 g/mol. The largest absolute Gasteiger partial charge is 0.496 e. The lowest BCUT2D eigenvalue weighted by Gasteiger charge is -2.18. The second-order valence-electron chi connectivity index (χ2n) is 7.21.